The SMILES string of the molecule is CCc1cccc2c([C@@H](CC(=O)O)C3CCCCC3)c[nH]c12. The number of benzene rings is 1. The van der Waals surface area contributed by atoms with Gasteiger partial charge in [0.2, 0.25) is 0 Å². The van der Waals surface area contributed by atoms with Crippen LogP contribution >= 0.6 is 0 Å². The minimum atomic E-state index is -0.684. The van der Waals surface area contributed by atoms with Crippen LogP contribution in [0.4, 0.5) is 0 Å². The van der Waals surface area contributed by atoms with Gasteiger partial charge in [0.25, 0.3) is 0 Å². The molecular weight excluding hydrogens is 274 g/mol. The normalized spacial score (nSPS) is 17.7. The van der Waals surface area contributed by atoms with Crippen molar-refractivity contribution < 1.29 is 9.90 Å². The highest BCUT2D eigenvalue weighted by molar-refractivity contribution is 5.87. The summed E-state index contributed by atoms with van der Waals surface area (Å²) in [5.41, 5.74) is 3.70. The molecule has 1 atom stereocenters. The van der Waals surface area contributed by atoms with Crippen molar-refractivity contribution in [1.82, 2.24) is 4.98 Å². The molecule has 2 N–H and O–H groups in total. The Morgan fingerprint density at radius 2 is 2.09 bits per heavy atom. The number of para-hydroxylation sites is 1. The number of aliphatic carboxylic acids is 1. The van der Waals surface area contributed by atoms with Gasteiger partial charge in [-0.25, -0.2) is 0 Å². The molecule has 2 aromatic rings. The number of hydrogen-bond donors (Lipinski definition) is 2. The lowest BCUT2D eigenvalue weighted by Gasteiger charge is -2.29. The molecule has 1 aliphatic rings. The highest BCUT2D eigenvalue weighted by atomic mass is 16.4. The summed E-state index contributed by atoms with van der Waals surface area (Å²) in [4.78, 5) is 14.8. The van der Waals surface area contributed by atoms with Crippen molar-refractivity contribution >= 4 is 16.9 Å². The fourth-order valence-corrected chi connectivity index (χ4v) is 4.10. The number of carbonyl (C=O) groups is 1. The fourth-order valence-electron chi connectivity index (χ4n) is 4.10. The summed E-state index contributed by atoms with van der Waals surface area (Å²) in [7, 11) is 0. The Hall–Kier alpha value is -1.77. The van der Waals surface area contributed by atoms with E-state index in [1.807, 2.05) is 0 Å². The highest BCUT2D eigenvalue weighted by Gasteiger charge is 2.29. The Kier molecular flexibility index (Phi) is 4.51. The van der Waals surface area contributed by atoms with E-state index in [0.29, 0.717) is 5.92 Å². The third-order valence-corrected chi connectivity index (χ3v) is 5.23. The molecule has 1 heterocycles. The van der Waals surface area contributed by atoms with Gasteiger partial charge in [-0.3, -0.25) is 4.79 Å². The maximum Gasteiger partial charge on any atom is 0.303 e. The molecule has 0 unspecified atom stereocenters. The lowest BCUT2D eigenvalue weighted by molar-refractivity contribution is -0.137. The lowest BCUT2D eigenvalue weighted by atomic mass is 9.75. The van der Waals surface area contributed by atoms with Gasteiger partial charge < -0.3 is 10.1 Å². The van der Waals surface area contributed by atoms with Crippen molar-refractivity contribution in [3.8, 4) is 0 Å². The summed E-state index contributed by atoms with van der Waals surface area (Å²) in [5.74, 6) is -0.0376. The molecular formula is C19H25NO2. The van der Waals surface area contributed by atoms with Crippen molar-refractivity contribution in [3.63, 3.8) is 0 Å². The molecule has 118 valence electrons. The van der Waals surface area contributed by atoms with Crippen molar-refractivity contribution in [2.24, 2.45) is 5.92 Å². The van der Waals surface area contributed by atoms with Gasteiger partial charge in [0.1, 0.15) is 0 Å². The minimum Gasteiger partial charge on any atom is -0.481 e. The Balaban J connectivity index is 2.01. The Labute approximate surface area is 131 Å². The Bertz CT molecular complexity index is 652. The van der Waals surface area contributed by atoms with E-state index in [1.54, 1.807) is 0 Å². The van der Waals surface area contributed by atoms with E-state index >= 15 is 0 Å². The second kappa shape index (κ2) is 6.55. The molecule has 0 bridgehead atoms. The highest BCUT2D eigenvalue weighted by Crippen LogP contribution is 2.41. The third-order valence-electron chi connectivity index (χ3n) is 5.23. The predicted molar refractivity (Wildman–Crippen MR) is 89.2 cm³/mol. The average Bonchev–Trinajstić information content (AvgIpc) is 2.97. The van der Waals surface area contributed by atoms with Crippen LogP contribution < -0.4 is 0 Å². The average molecular weight is 299 g/mol. The van der Waals surface area contributed by atoms with Gasteiger partial charge in [-0.2, -0.15) is 0 Å². The number of H-pyrrole nitrogens is 1. The maximum atomic E-state index is 11.4. The topological polar surface area (TPSA) is 53.1 Å². The summed E-state index contributed by atoms with van der Waals surface area (Å²) in [5, 5.41) is 10.6. The minimum absolute atomic E-state index is 0.138. The largest absolute Gasteiger partial charge is 0.481 e. The fraction of sp³-hybridized carbons (Fsp3) is 0.526. The van der Waals surface area contributed by atoms with E-state index in [9.17, 15) is 9.90 Å². The molecule has 1 fully saturated rings. The second-order valence-corrected chi connectivity index (χ2v) is 6.54. The van der Waals surface area contributed by atoms with Crippen LogP contribution in [0.1, 0.15) is 62.5 Å². The van der Waals surface area contributed by atoms with Gasteiger partial charge in [0, 0.05) is 17.1 Å². The molecule has 1 saturated carbocycles. The van der Waals surface area contributed by atoms with E-state index in [-0.39, 0.29) is 12.3 Å². The van der Waals surface area contributed by atoms with Gasteiger partial charge in [0.05, 0.1) is 6.42 Å². The van der Waals surface area contributed by atoms with Gasteiger partial charge in [-0.15, -0.1) is 0 Å². The molecule has 0 aliphatic heterocycles. The number of aromatic nitrogens is 1. The molecule has 0 saturated heterocycles. The van der Waals surface area contributed by atoms with E-state index in [4.69, 9.17) is 0 Å². The number of carboxylic acid groups (broad SMARTS) is 1. The molecule has 3 heteroatoms. The second-order valence-electron chi connectivity index (χ2n) is 6.54. The zero-order valence-electron chi connectivity index (χ0n) is 13.3. The Morgan fingerprint density at radius 1 is 1.32 bits per heavy atom. The molecule has 1 aliphatic carbocycles. The number of fused-ring (bicyclic) bond motifs is 1. The zero-order valence-corrected chi connectivity index (χ0v) is 13.3. The smallest absolute Gasteiger partial charge is 0.303 e. The van der Waals surface area contributed by atoms with Crippen LogP contribution in [-0.2, 0) is 11.2 Å². The van der Waals surface area contributed by atoms with Crippen LogP contribution in [-0.4, -0.2) is 16.1 Å². The molecule has 3 nitrogen and oxygen atoms in total. The molecule has 1 aromatic heterocycles. The lowest BCUT2D eigenvalue weighted by Crippen LogP contribution is -2.19. The summed E-state index contributed by atoms with van der Waals surface area (Å²) in [6.45, 7) is 2.16. The first-order chi connectivity index (χ1) is 10.7. The van der Waals surface area contributed by atoms with E-state index in [2.05, 4.69) is 36.3 Å². The molecule has 0 radical (unpaired) electrons. The maximum absolute atomic E-state index is 11.4. The van der Waals surface area contributed by atoms with Gasteiger partial charge in [0.15, 0.2) is 0 Å². The number of carboxylic acids is 1. The first kappa shape index (κ1) is 15.1. The van der Waals surface area contributed by atoms with Crippen molar-refractivity contribution in [2.45, 2.75) is 57.8 Å². The Morgan fingerprint density at radius 3 is 2.77 bits per heavy atom. The quantitative estimate of drug-likeness (QED) is 0.827. The van der Waals surface area contributed by atoms with Crippen LogP contribution in [0.3, 0.4) is 0 Å². The van der Waals surface area contributed by atoms with E-state index < -0.39 is 5.97 Å². The van der Waals surface area contributed by atoms with Crippen molar-refractivity contribution in [1.29, 1.82) is 0 Å². The van der Waals surface area contributed by atoms with E-state index in [1.165, 1.54) is 41.3 Å². The van der Waals surface area contributed by atoms with Crippen LogP contribution in [0.25, 0.3) is 10.9 Å². The molecule has 0 spiro atoms. The number of aromatic amines is 1. The van der Waals surface area contributed by atoms with Crippen molar-refractivity contribution in [2.75, 3.05) is 0 Å². The van der Waals surface area contributed by atoms with Crippen LogP contribution in [0.15, 0.2) is 24.4 Å². The number of nitrogens with one attached hydrogen (secondary N) is 1. The first-order valence-electron chi connectivity index (χ1n) is 8.51. The molecule has 1 aromatic carbocycles. The third kappa shape index (κ3) is 2.90. The van der Waals surface area contributed by atoms with Crippen LogP contribution in [0.5, 0.6) is 0 Å². The first-order valence-corrected chi connectivity index (χ1v) is 8.51. The molecule has 3 rings (SSSR count). The predicted octanol–water partition coefficient (Wildman–Crippen LogP) is 4.87. The van der Waals surface area contributed by atoms with Gasteiger partial charge >= 0.3 is 5.97 Å². The summed E-state index contributed by atoms with van der Waals surface area (Å²) >= 11 is 0. The monoisotopic (exact) mass is 299 g/mol. The standard InChI is InChI=1S/C19H25NO2/c1-2-13-9-6-10-15-17(12-20-19(13)15)16(11-18(21)22)14-7-4-3-5-8-14/h6,9-10,12,14,16,20H,2-5,7-8,11H2,1H3,(H,21,22)/t16-/m0/s1. The van der Waals surface area contributed by atoms with Crippen LogP contribution in [0, 0.1) is 5.92 Å². The van der Waals surface area contributed by atoms with Gasteiger partial charge in [-0.05, 0) is 42.2 Å². The zero-order chi connectivity index (χ0) is 15.5. The summed E-state index contributed by atoms with van der Waals surface area (Å²) < 4.78 is 0. The number of aryl methyl sites for hydroxylation is 1. The number of rotatable bonds is 5. The number of hydrogen-bond acceptors (Lipinski definition) is 1. The van der Waals surface area contributed by atoms with Gasteiger partial charge in [-0.1, -0.05) is 44.4 Å². The van der Waals surface area contributed by atoms with E-state index in [0.717, 1.165) is 19.3 Å². The molecule has 22 heavy (non-hydrogen) atoms. The van der Waals surface area contributed by atoms with Crippen LogP contribution in [0.2, 0.25) is 0 Å². The molecule has 0 amide bonds. The summed E-state index contributed by atoms with van der Waals surface area (Å²) in [6.07, 6.45) is 9.40. The summed E-state index contributed by atoms with van der Waals surface area (Å²) in [6, 6.07) is 6.38. The van der Waals surface area contributed by atoms with Crippen molar-refractivity contribution in [3.05, 3.63) is 35.5 Å².